The van der Waals surface area contributed by atoms with Gasteiger partial charge in [0.15, 0.2) is 0 Å². The number of aryl methyl sites for hydroxylation is 1. The molecule has 0 aromatic heterocycles. The van der Waals surface area contributed by atoms with Gasteiger partial charge in [0.25, 0.3) is 0 Å². The van der Waals surface area contributed by atoms with Crippen LogP contribution in [-0.4, -0.2) is 53.6 Å². The van der Waals surface area contributed by atoms with E-state index in [0.29, 0.717) is 38.1 Å². The molecule has 1 saturated heterocycles. The normalized spacial score (nSPS) is 19.9. The molecule has 1 aliphatic carbocycles. The van der Waals surface area contributed by atoms with Crippen LogP contribution in [0.1, 0.15) is 68.0 Å². The Balaban J connectivity index is 0.00000323. The number of rotatable bonds is 4. The summed E-state index contributed by atoms with van der Waals surface area (Å²) < 4.78 is 86.2. The Hall–Kier alpha value is -2.70. The molecule has 240 valence electrons. The number of hydrogen-bond acceptors (Lipinski definition) is 4. The van der Waals surface area contributed by atoms with E-state index in [2.05, 4.69) is 5.32 Å². The summed E-state index contributed by atoms with van der Waals surface area (Å²) in [6, 6.07) is 7.53. The number of halogens is 8. The summed E-state index contributed by atoms with van der Waals surface area (Å²) in [5, 5.41) is 2.72. The second-order valence-corrected chi connectivity index (χ2v) is 11.5. The summed E-state index contributed by atoms with van der Waals surface area (Å²) in [5.74, 6) is -0.522. The predicted molar refractivity (Wildman–Crippen MR) is 153 cm³/mol. The Bertz CT molecular complexity index is 1280. The molecule has 0 unspecified atom stereocenters. The third kappa shape index (κ3) is 7.88. The van der Waals surface area contributed by atoms with E-state index in [-0.39, 0.29) is 49.5 Å². The van der Waals surface area contributed by atoms with E-state index >= 15 is 0 Å². The van der Waals surface area contributed by atoms with E-state index in [4.69, 9.17) is 4.74 Å². The molecule has 1 heterocycles. The van der Waals surface area contributed by atoms with Gasteiger partial charge in [-0.25, -0.2) is 4.79 Å². The van der Waals surface area contributed by atoms with Gasteiger partial charge in [-0.15, -0.1) is 24.8 Å². The fourth-order valence-corrected chi connectivity index (χ4v) is 5.53. The average Bonchev–Trinajstić information content (AvgIpc) is 3.27. The van der Waals surface area contributed by atoms with Crippen LogP contribution in [-0.2, 0) is 33.8 Å². The highest BCUT2D eigenvalue weighted by atomic mass is 35.5. The van der Waals surface area contributed by atoms with Crippen LogP contribution in [0.2, 0.25) is 0 Å². The van der Waals surface area contributed by atoms with E-state index in [1.165, 1.54) is 6.92 Å². The molecule has 0 spiro atoms. The number of carbonyl (C=O) groups excluding carboxylic acids is 2. The lowest BCUT2D eigenvalue weighted by molar-refractivity contribution is -0.143. The fraction of sp³-hybridized carbons (Fsp3) is 0.517. The molecule has 2 atom stereocenters. The van der Waals surface area contributed by atoms with Crippen molar-refractivity contribution in [3.8, 4) is 0 Å². The highest BCUT2D eigenvalue weighted by Crippen LogP contribution is 2.43. The minimum Gasteiger partial charge on any atom is -0.444 e. The number of piperazine rings is 1. The van der Waals surface area contributed by atoms with Crippen LogP contribution < -0.4 is 5.32 Å². The minimum absolute atomic E-state index is 0. The first-order valence-corrected chi connectivity index (χ1v) is 13.3. The van der Waals surface area contributed by atoms with Gasteiger partial charge in [-0.1, -0.05) is 24.3 Å². The second kappa shape index (κ2) is 13.1. The molecular weight excluding hydrogens is 623 g/mol. The first kappa shape index (κ1) is 36.5. The predicted octanol–water partition coefficient (Wildman–Crippen LogP) is 7.14. The Labute approximate surface area is 258 Å². The van der Waals surface area contributed by atoms with Gasteiger partial charge < -0.3 is 15.0 Å². The molecule has 2 aromatic carbocycles. The largest absolute Gasteiger partial charge is 0.444 e. The van der Waals surface area contributed by atoms with E-state index in [9.17, 15) is 35.9 Å². The Morgan fingerprint density at radius 1 is 0.884 bits per heavy atom. The topological polar surface area (TPSA) is 61.9 Å². The highest BCUT2D eigenvalue weighted by molar-refractivity contribution is 5.89. The summed E-state index contributed by atoms with van der Waals surface area (Å²) in [7, 11) is 0. The maximum Gasteiger partial charge on any atom is 0.416 e. The summed E-state index contributed by atoms with van der Waals surface area (Å²) in [5.41, 5.74) is -3.41. The van der Waals surface area contributed by atoms with E-state index in [1.807, 2.05) is 23.1 Å². The van der Waals surface area contributed by atoms with Gasteiger partial charge in [0.1, 0.15) is 11.1 Å². The van der Waals surface area contributed by atoms with Crippen molar-refractivity contribution in [3.63, 3.8) is 0 Å². The first-order valence-electron chi connectivity index (χ1n) is 13.3. The lowest BCUT2D eigenvalue weighted by atomic mass is 9.87. The van der Waals surface area contributed by atoms with Gasteiger partial charge in [0.2, 0.25) is 5.91 Å². The molecule has 2 amide bonds. The van der Waals surface area contributed by atoms with Gasteiger partial charge in [-0.2, -0.15) is 26.3 Å². The van der Waals surface area contributed by atoms with Crippen molar-refractivity contribution in [2.75, 3.05) is 26.2 Å². The molecule has 6 nitrogen and oxygen atoms in total. The molecule has 0 radical (unpaired) electrons. The van der Waals surface area contributed by atoms with Crippen LogP contribution in [0.3, 0.4) is 0 Å². The quantitative estimate of drug-likeness (QED) is 0.355. The number of alkyl halides is 6. The van der Waals surface area contributed by atoms with E-state index in [1.54, 1.807) is 31.7 Å². The number of fused-ring (bicyclic) bond motifs is 1. The van der Waals surface area contributed by atoms with Crippen molar-refractivity contribution in [1.29, 1.82) is 0 Å². The summed E-state index contributed by atoms with van der Waals surface area (Å²) in [6.45, 7) is 7.85. The van der Waals surface area contributed by atoms with Crippen molar-refractivity contribution < 1.29 is 40.7 Å². The molecule has 14 heteroatoms. The highest BCUT2D eigenvalue weighted by Gasteiger charge is 2.51. The molecule has 1 aliphatic heterocycles. The second-order valence-electron chi connectivity index (χ2n) is 11.5. The Kier molecular flexibility index (Phi) is 11.1. The standard InChI is InChI=1S/C29H33F6N3O3.2ClH/c1-18(20-15-21(28(30,31)32)17-22(16-20)29(33,34)35)36-24(39)27(10-9-19-7-5-6-8-23(19)27)38-13-11-37(12-14-38)25(40)41-26(2,3)4;;/h5-8,15-18H,9-14H2,1-4H3,(H,36,39);2*1H/t18-,27-;;/m0../s1. The zero-order valence-electron chi connectivity index (χ0n) is 24.1. The number of nitrogens with zero attached hydrogens (tertiary/aromatic N) is 2. The van der Waals surface area contributed by atoms with Crippen LogP contribution in [0, 0.1) is 0 Å². The van der Waals surface area contributed by atoms with Crippen LogP contribution in [0.25, 0.3) is 0 Å². The summed E-state index contributed by atoms with van der Waals surface area (Å²) in [4.78, 5) is 30.2. The third-order valence-corrected chi connectivity index (χ3v) is 7.52. The summed E-state index contributed by atoms with van der Waals surface area (Å²) in [6.07, 6.45) is -9.54. The van der Waals surface area contributed by atoms with Crippen LogP contribution in [0.4, 0.5) is 31.1 Å². The molecule has 0 bridgehead atoms. The van der Waals surface area contributed by atoms with Gasteiger partial charge >= 0.3 is 18.4 Å². The first-order chi connectivity index (χ1) is 18.9. The zero-order chi connectivity index (χ0) is 30.4. The maximum atomic E-state index is 14.1. The lowest BCUT2D eigenvalue weighted by Crippen LogP contribution is -2.61. The number of carbonyl (C=O) groups is 2. The number of amides is 2. The Morgan fingerprint density at radius 3 is 1.93 bits per heavy atom. The maximum absolute atomic E-state index is 14.1. The number of benzene rings is 2. The van der Waals surface area contributed by atoms with Crippen LogP contribution in [0.15, 0.2) is 42.5 Å². The van der Waals surface area contributed by atoms with Crippen molar-refractivity contribution in [2.45, 2.75) is 70.1 Å². The monoisotopic (exact) mass is 657 g/mol. The molecule has 1 fully saturated rings. The molecule has 1 N–H and O–H groups in total. The van der Waals surface area contributed by atoms with Gasteiger partial charge in [-0.05, 0) is 75.4 Å². The lowest BCUT2D eigenvalue weighted by Gasteiger charge is -2.45. The molecular formula is C29H35Cl2F6N3O3. The van der Waals surface area contributed by atoms with Crippen LogP contribution >= 0.6 is 24.8 Å². The van der Waals surface area contributed by atoms with Crippen molar-refractivity contribution in [2.24, 2.45) is 0 Å². The minimum atomic E-state index is -5.00. The van der Waals surface area contributed by atoms with Crippen molar-refractivity contribution in [1.82, 2.24) is 15.1 Å². The molecule has 2 aliphatic rings. The van der Waals surface area contributed by atoms with Gasteiger partial charge in [-0.3, -0.25) is 9.69 Å². The Morgan fingerprint density at radius 2 is 1.42 bits per heavy atom. The number of nitrogens with one attached hydrogen (secondary N) is 1. The average molecular weight is 659 g/mol. The summed E-state index contributed by atoms with van der Waals surface area (Å²) >= 11 is 0. The fourth-order valence-electron chi connectivity index (χ4n) is 5.53. The van der Waals surface area contributed by atoms with E-state index in [0.717, 1.165) is 11.1 Å². The smallest absolute Gasteiger partial charge is 0.416 e. The molecule has 2 aromatic rings. The third-order valence-electron chi connectivity index (χ3n) is 7.52. The molecule has 0 saturated carbocycles. The van der Waals surface area contributed by atoms with Gasteiger partial charge in [0.05, 0.1) is 17.2 Å². The SMILES string of the molecule is C[C@H](NC(=O)[C@]1(N2CCN(C(=O)OC(C)(C)C)CC2)CCc2ccccc21)c1cc(C(F)(F)F)cc(C(F)(F)F)c1.Cl.Cl. The zero-order valence-corrected chi connectivity index (χ0v) is 25.7. The van der Waals surface area contributed by atoms with Gasteiger partial charge in [0, 0.05) is 26.2 Å². The van der Waals surface area contributed by atoms with Crippen molar-refractivity contribution in [3.05, 3.63) is 70.3 Å². The molecule has 4 rings (SSSR count). The van der Waals surface area contributed by atoms with Crippen molar-refractivity contribution >= 4 is 36.8 Å². The van der Waals surface area contributed by atoms with E-state index < -0.39 is 52.7 Å². The van der Waals surface area contributed by atoms with Crippen LogP contribution in [0.5, 0.6) is 0 Å². The number of hydrogen-bond donors (Lipinski definition) is 1. The molecule has 43 heavy (non-hydrogen) atoms. The number of ether oxygens (including phenoxy) is 1.